The average molecular weight is 378 g/mol. The summed E-state index contributed by atoms with van der Waals surface area (Å²) in [7, 11) is 0. The number of benzene rings is 2. The molecule has 0 fully saturated rings. The van der Waals surface area contributed by atoms with Crippen LogP contribution in [0.5, 0.6) is 0 Å². The molecular weight excluding hydrogens is 354 g/mol. The Hall–Kier alpha value is -2.26. The highest BCUT2D eigenvalue weighted by molar-refractivity contribution is 6.28. The fourth-order valence-electron chi connectivity index (χ4n) is 3.92. The van der Waals surface area contributed by atoms with Crippen molar-refractivity contribution in [2.24, 2.45) is 0 Å². The van der Waals surface area contributed by atoms with E-state index in [4.69, 9.17) is 16.6 Å². The van der Waals surface area contributed by atoms with Gasteiger partial charge >= 0.3 is 0 Å². The van der Waals surface area contributed by atoms with E-state index in [1.807, 2.05) is 30.3 Å². The molecule has 0 bridgehead atoms. The maximum Gasteiger partial charge on any atom is 0.226 e. The minimum atomic E-state index is 0.139. The molecule has 3 aromatic rings. The van der Waals surface area contributed by atoms with Gasteiger partial charge in [0, 0.05) is 11.1 Å². The molecule has 1 aliphatic carbocycles. The van der Waals surface area contributed by atoms with Crippen LogP contribution in [0.4, 0.5) is 0 Å². The van der Waals surface area contributed by atoms with Crippen LogP contribution in [0.2, 0.25) is 5.28 Å². The zero-order chi connectivity index (χ0) is 19.2. The van der Waals surface area contributed by atoms with E-state index in [0.29, 0.717) is 11.6 Å². The van der Waals surface area contributed by atoms with E-state index in [9.17, 15) is 0 Å². The normalized spacial score (nSPS) is 17.4. The second-order valence-corrected chi connectivity index (χ2v) is 8.98. The smallest absolute Gasteiger partial charge is 0.208 e. The minimum absolute atomic E-state index is 0.139. The van der Waals surface area contributed by atoms with Crippen LogP contribution < -0.4 is 0 Å². The molecule has 0 saturated carbocycles. The highest BCUT2D eigenvalue weighted by atomic mass is 35.5. The fourth-order valence-corrected chi connectivity index (χ4v) is 4.08. The lowest BCUT2D eigenvalue weighted by molar-refractivity contribution is 0.332. The summed E-state index contributed by atoms with van der Waals surface area (Å²) >= 11 is 6.23. The first-order valence-corrected chi connectivity index (χ1v) is 9.76. The third-order valence-electron chi connectivity index (χ3n) is 5.75. The summed E-state index contributed by atoms with van der Waals surface area (Å²) in [5.41, 5.74) is 5.05. The molecule has 27 heavy (non-hydrogen) atoms. The van der Waals surface area contributed by atoms with Crippen molar-refractivity contribution in [2.45, 2.75) is 51.4 Å². The van der Waals surface area contributed by atoms with Crippen LogP contribution in [0.25, 0.3) is 22.8 Å². The van der Waals surface area contributed by atoms with Crippen molar-refractivity contribution < 1.29 is 0 Å². The predicted molar refractivity (Wildman–Crippen MR) is 111 cm³/mol. The molecule has 1 heterocycles. The first kappa shape index (κ1) is 18.1. The Morgan fingerprint density at radius 2 is 1.30 bits per heavy atom. The van der Waals surface area contributed by atoms with Gasteiger partial charge in [0.25, 0.3) is 0 Å². The molecule has 0 amide bonds. The Kier molecular flexibility index (Phi) is 4.31. The SMILES string of the molecule is CC1(C)CCC(C)(C)c2cc(-c3nc(Cl)nc(-c4ccccc4)n3)ccc21. The Bertz CT molecular complexity index is 994. The summed E-state index contributed by atoms with van der Waals surface area (Å²) in [4.78, 5) is 13.4. The maximum absolute atomic E-state index is 6.23. The first-order valence-electron chi connectivity index (χ1n) is 9.39. The first-order chi connectivity index (χ1) is 12.8. The molecule has 1 aliphatic rings. The number of hydrogen-bond acceptors (Lipinski definition) is 3. The number of nitrogens with zero attached hydrogens (tertiary/aromatic N) is 3. The van der Waals surface area contributed by atoms with Gasteiger partial charge in [0.15, 0.2) is 11.6 Å². The average Bonchev–Trinajstić information content (AvgIpc) is 2.65. The predicted octanol–water partition coefficient (Wildman–Crippen LogP) is 6.21. The van der Waals surface area contributed by atoms with Gasteiger partial charge in [-0.05, 0) is 52.5 Å². The molecular formula is C23H24ClN3. The van der Waals surface area contributed by atoms with Crippen LogP contribution in [0.3, 0.4) is 0 Å². The Morgan fingerprint density at radius 3 is 1.96 bits per heavy atom. The van der Waals surface area contributed by atoms with Gasteiger partial charge in [0.2, 0.25) is 5.28 Å². The third-order valence-corrected chi connectivity index (χ3v) is 5.92. The molecule has 2 aromatic carbocycles. The Labute approximate surface area is 165 Å². The third kappa shape index (κ3) is 3.37. The largest absolute Gasteiger partial charge is 0.226 e. The molecule has 0 aliphatic heterocycles. The van der Waals surface area contributed by atoms with E-state index in [-0.39, 0.29) is 16.1 Å². The van der Waals surface area contributed by atoms with E-state index in [0.717, 1.165) is 11.1 Å². The van der Waals surface area contributed by atoms with Crippen LogP contribution in [0.1, 0.15) is 51.7 Å². The molecule has 0 saturated heterocycles. The molecule has 4 rings (SSSR count). The van der Waals surface area contributed by atoms with Crippen LogP contribution in [-0.4, -0.2) is 15.0 Å². The van der Waals surface area contributed by atoms with E-state index in [1.165, 1.54) is 24.0 Å². The van der Waals surface area contributed by atoms with Gasteiger partial charge in [-0.1, -0.05) is 70.2 Å². The lowest BCUT2D eigenvalue weighted by Gasteiger charge is -2.42. The number of fused-ring (bicyclic) bond motifs is 1. The highest BCUT2D eigenvalue weighted by Crippen LogP contribution is 2.46. The van der Waals surface area contributed by atoms with Gasteiger partial charge in [-0.25, -0.2) is 4.98 Å². The lowest BCUT2D eigenvalue weighted by Crippen LogP contribution is -2.33. The minimum Gasteiger partial charge on any atom is -0.208 e. The van der Waals surface area contributed by atoms with Crippen molar-refractivity contribution in [3.8, 4) is 22.8 Å². The summed E-state index contributed by atoms with van der Waals surface area (Å²) in [6, 6.07) is 16.5. The summed E-state index contributed by atoms with van der Waals surface area (Å²) in [5.74, 6) is 1.22. The lowest BCUT2D eigenvalue weighted by atomic mass is 9.63. The van der Waals surface area contributed by atoms with Gasteiger partial charge in [-0.2, -0.15) is 9.97 Å². The molecule has 0 unspecified atom stereocenters. The van der Waals surface area contributed by atoms with Crippen LogP contribution in [0.15, 0.2) is 48.5 Å². The van der Waals surface area contributed by atoms with Crippen molar-refractivity contribution >= 4 is 11.6 Å². The number of halogens is 1. The summed E-state index contributed by atoms with van der Waals surface area (Å²) in [5, 5.41) is 0.219. The number of rotatable bonds is 2. The van der Waals surface area contributed by atoms with Crippen molar-refractivity contribution in [2.75, 3.05) is 0 Å². The molecule has 0 spiro atoms. The topological polar surface area (TPSA) is 38.7 Å². The van der Waals surface area contributed by atoms with Crippen molar-refractivity contribution in [1.29, 1.82) is 0 Å². The van der Waals surface area contributed by atoms with E-state index in [2.05, 4.69) is 55.9 Å². The molecule has 0 atom stereocenters. The highest BCUT2D eigenvalue weighted by Gasteiger charge is 2.37. The Morgan fingerprint density at radius 1 is 0.704 bits per heavy atom. The summed E-state index contributed by atoms with van der Waals surface area (Å²) < 4.78 is 0. The standard InChI is InChI=1S/C23H24ClN3/c1-22(2)12-13-23(3,4)18-14-16(10-11-17(18)22)20-25-19(26-21(24)27-20)15-8-6-5-7-9-15/h5-11,14H,12-13H2,1-4H3. The van der Waals surface area contributed by atoms with Crippen molar-refractivity contribution in [1.82, 2.24) is 15.0 Å². The molecule has 138 valence electrons. The van der Waals surface area contributed by atoms with Gasteiger partial charge in [-0.3, -0.25) is 0 Å². The van der Waals surface area contributed by atoms with Crippen LogP contribution >= 0.6 is 11.6 Å². The maximum atomic E-state index is 6.23. The zero-order valence-electron chi connectivity index (χ0n) is 16.3. The fraction of sp³-hybridized carbons (Fsp3) is 0.348. The van der Waals surface area contributed by atoms with Crippen molar-refractivity contribution in [3.63, 3.8) is 0 Å². The van der Waals surface area contributed by atoms with Gasteiger partial charge < -0.3 is 0 Å². The quantitative estimate of drug-likeness (QED) is 0.533. The zero-order valence-corrected chi connectivity index (χ0v) is 17.0. The molecule has 4 heteroatoms. The Balaban J connectivity index is 1.85. The van der Waals surface area contributed by atoms with Crippen LogP contribution in [-0.2, 0) is 10.8 Å². The molecule has 0 radical (unpaired) electrons. The van der Waals surface area contributed by atoms with Crippen molar-refractivity contribution in [3.05, 3.63) is 64.9 Å². The monoisotopic (exact) mass is 377 g/mol. The molecule has 1 aromatic heterocycles. The second kappa shape index (κ2) is 6.42. The van der Waals surface area contributed by atoms with E-state index in [1.54, 1.807) is 0 Å². The summed E-state index contributed by atoms with van der Waals surface area (Å²) in [6.45, 7) is 9.30. The molecule has 3 nitrogen and oxygen atoms in total. The number of aromatic nitrogens is 3. The second-order valence-electron chi connectivity index (χ2n) is 8.65. The summed E-state index contributed by atoms with van der Waals surface area (Å²) in [6.07, 6.45) is 2.37. The van der Waals surface area contributed by atoms with E-state index >= 15 is 0 Å². The van der Waals surface area contributed by atoms with Gasteiger partial charge in [0.1, 0.15) is 0 Å². The van der Waals surface area contributed by atoms with Gasteiger partial charge in [0.05, 0.1) is 0 Å². The van der Waals surface area contributed by atoms with Gasteiger partial charge in [-0.15, -0.1) is 0 Å². The molecule has 0 N–H and O–H groups in total. The number of hydrogen-bond donors (Lipinski definition) is 0. The van der Waals surface area contributed by atoms with E-state index < -0.39 is 0 Å². The van der Waals surface area contributed by atoms with Crippen LogP contribution in [0, 0.1) is 0 Å².